The molecule has 1 aliphatic carbocycles. The minimum atomic E-state index is -4.36. The summed E-state index contributed by atoms with van der Waals surface area (Å²) < 4.78 is 57.5. The Morgan fingerprint density at radius 3 is 1.76 bits per heavy atom. The molecular formula is C21H33F3N3OP. The molecule has 1 aromatic carbocycles. The molecule has 29 heavy (non-hydrogen) atoms. The first-order chi connectivity index (χ1) is 13.5. The van der Waals surface area contributed by atoms with Crippen molar-refractivity contribution in [3.05, 3.63) is 35.4 Å². The van der Waals surface area contributed by atoms with Gasteiger partial charge >= 0.3 is 6.18 Å². The molecule has 1 saturated heterocycles. The van der Waals surface area contributed by atoms with Crippen molar-refractivity contribution in [2.24, 2.45) is 0 Å². The molecule has 164 valence electrons. The number of nitrogens with one attached hydrogen (secondary N) is 1. The van der Waals surface area contributed by atoms with Crippen LogP contribution in [-0.2, 0) is 10.7 Å². The molecule has 2 aliphatic rings. The molecule has 3 rings (SSSR count). The Hall–Kier alpha value is -0.880. The summed E-state index contributed by atoms with van der Waals surface area (Å²) in [5.41, 5.74) is 0.0371. The number of rotatable bonds is 5. The zero-order valence-electron chi connectivity index (χ0n) is 17.9. The normalized spacial score (nSPS) is 26.8. The van der Waals surface area contributed by atoms with E-state index < -0.39 is 19.3 Å². The number of fused-ring (bicyclic) bond motifs is 1. The molecule has 2 fully saturated rings. The van der Waals surface area contributed by atoms with E-state index in [2.05, 4.69) is 42.1 Å². The molecule has 1 N–H and O–H groups in total. The van der Waals surface area contributed by atoms with Crippen molar-refractivity contribution in [3.8, 4) is 0 Å². The molecule has 0 amide bonds. The molecular weight excluding hydrogens is 398 g/mol. The smallest absolute Gasteiger partial charge is 0.270 e. The van der Waals surface area contributed by atoms with Crippen LogP contribution in [0.25, 0.3) is 0 Å². The van der Waals surface area contributed by atoms with Crippen LogP contribution in [-0.4, -0.2) is 33.5 Å². The summed E-state index contributed by atoms with van der Waals surface area (Å²) in [5, 5.41) is 3.38. The summed E-state index contributed by atoms with van der Waals surface area (Å²) in [6, 6.07) is 5.56. The Morgan fingerprint density at radius 1 is 0.931 bits per heavy atom. The highest BCUT2D eigenvalue weighted by Gasteiger charge is 2.57. The van der Waals surface area contributed by atoms with Crippen molar-refractivity contribution in [3.63, 3.8) is 0 Å². The number of halogens is 3. The highest BCUT2D eigenvalue weighted by atomic mass is 31.2. The van der Waals surface area contributed by atoms with Crippen LogP contribution < -0.4 is 5.09 Å². The lowest BCUT2D eigenvalue weighted by atomic mass is 9.89. The first-order valence-electron chi connectivity index (χ1n) is 10.6. The van der Waals surface area contributed by atoms with Crippen molar-refractivity contribution < 1.29 is 17.7 Å². The second-order valence-corrected chi connectivity index (χ2v) is 11.2. The summed E-state index contributed by atoms with van der Waals surface area (Å²) in [5.74, 6) is 0. The highest BCUT2D eigenvalue weighted by molar-refractivity contribution is 7.57. The Bertz CT molecular complexity index is 723. The van der Waals surface area contributed by atoms with Crippen LogP contribution >= 0.6 is 7.59 Å². The molecule has 0 bridgehead atoms. The summed E-state index contributed by atoms with van der Waals surface area (Å²) in [6.07, 6.45) is 0.000336. The topological polar surface area (TPSA) is 35.6 Å². The van der Waals surface area contributed by atoms with Gasteiger partial charge in [-0.2, -0.15) is 13.2 Å². The number of alkyl halides is 3. The first-order valence-corrected chi connectivity index (χ1v) is 12.2. The third kappa shape index (κ3) is 4.30. The van der Waals surface area contributed by atoms with E-state index in [0.717, 1.165) is 37.8 Å². The van der Waals surface area contributed by atoms with Gasteiger partial charge in [0.05, 0.1) is 5.56 Å². The monoisotopic (exact) mass is 431 g/mol. The van der Waals surface area contributed by atoms with E-state index in [1.165, 1.54) is 12.1 Å². The van der Waals surface area contributed by atoms with Gasteiger partial charge in [0.1, 0.15) is 0 Å². The van der Waals surface area contributed by atoms with Crippen molar-refractivity contribution in [2.75, 3.05) is 0 Å². The van der Waals surface area contributed by atoms with Crippen LogP contribution in [0, 0.1) is 0 Å². The second-order valence-electron chi connectivity index (χ2n) is 8.88. The predicted octanol–water partition coefficient (Wildman–Crippen LogP) is 6.21. The van der Waals surface area contributed by atoms with Gasteiger partial charge in [0.2, 0.25) is 0 Å². The fourth-order valence-corrected chi connectivity index (χ4v) is 8.80. The maximum atomic E-state index is 14.5. The minimum Gasteiger partial charge on any atom is -0.270 e. The van der Waals surface area contributed by atoms with Gasteiger partial charge < -0.3 is 0 Å². The van der Waals surface area contributed by atoms with Crippen LogP contribution in [0.4, 0.5) is 13.2 Å². The molecule has 8 heteroatoms. The average molecular weight is 431 g/mol. The first kappa shape index (κ1) is 22.8. The van der Waals surface area contributed by atoms with Crippen LogP contribution in [0.3, 0.4) is 0 Å². The van der Waals surface area contributed by atoms with Gasteiger partial charge in [0, 0.05) is 30.2 Å². The van der Waals surface area contributed by atoms with E-state index in [9.17, 15) is 17.7 Å². The Balaban J connectivity index is 1.92. The quantitative estimate of drug-likeness (QED) is 0.562. The van der Waals surface area contributed by atoms with Crippen LogP contribution in [0.5, 0.6) is 0 Å². The summed E-state index contributed by atoms with van der Waals surface area (Å²) in [7, 11) is -3.08. The van der Waals surface area contributed by atoms with E-state index in [0.29, 0.717) is 5.56 Å². The zero-order chi connectivity index (χ0) is 21.6. The lowest BCUT2D eigenvalue weighted by molar-refractivity contribution is -0.137. The van der Waals surface area contributed by atoms with Crippen molar-refractivity contribution >= 4 is 7.59 Å². The molecule has 1 aromatic rings. The number of hydrogen-bond donors (Lipinski definition) is 1. The minimum absolute atomic E-state index is 0.113. The summed E-state index contributed by atoms with van der Waals surface area (Å²) in [4.78, 5) is 0. The lowest BCUT2D eigenvalue weighted by Gasteiger charge is -2.38. The number of hydrogen-bond acceptors (Lipinski definition) is 1. The average Bonchev–Trinajstić information content (AvgIpc) is 2.88. The number of nitrogens with zero attached hydrogens (tertiary/aromatic N) is 2. The van der Waals surface area contributed by atoms with Gasteiger partial charge in [0.15, 0.2) is 0 Å². The lowest BCUT2D eigenvalue weighted by Crippen LogP contribution is -2.43. The molecule has 1 heterocycles. The molecule has 3 atom stereocenters. The van der Waals surface area contributed by atoms with Crippen LogP contribution in [0.2, 0.25) is 0 Å². The maximum Gasteiger partial charge on any atom is 0.416 e. The van der Waals surface area contributed by atoms with Gasteiger partial charge in [-0.05, 0) is 65.2 Å². The van der Waals surface area contributed by atoms with Crippen LogP contribution in [0.15, 0.2) is 24.3 Å². The SMILES string of the molecule is CC(C)N1[C@@H]2CCCC[C@H]2N(C(C)C)P1(=O)N[C@H](C)c1ccc(C(F)(F)F)cc1. The highest BCUT2D eigenvalue weighted by Crippen LogP contribution is 2.63. The van der Waals surface area contributed by atoms with E-state index >= 15 is 0 Å². The van der Waals surface area contributed by atoms with Crippen molar-refractivity contribution in [1.82, 2.24) is 14.4 Å². The predicted molar refractivity (Wildman–Crippen MR) is 111 cm³/mol. The van der Waals surface area contributed by atoms with Gasteiger partial charge in [-0.3, -0.25) is 4.57 Å². The Kier molecular flexibility index (Phi) is 6.55. The van der Waals surface area contributed by atoms with Crippen molar-refractivity contribution in [2.45, 2.75) is 96.7 Å². The van der Waals surface area contributed by atoms with Gasteiger partial charge in [-0.25, -0.2) is 14.4 Å². The van der Waals surface area contributed by atoms with E-state index in [4.69, 9.17) is 0 Å². The van der Waals surface area contributed by atoms with E-state index in [1.54, 1.807) is 0 Å². The van der Waals surface area contributed by atoms with Gasteiger partial charge in [0.25, 0.3) is 7.59 Å². The zero-order valence-corrected chi connectivity index (χ0v) is 18.8. The third-order valence-corrected chi connectivity index (χ3v) is 9.65. The van der Waals surface area contributed by atoms with E-state index in [1.807, 2.05) is 6.92 Å². The Labute approximate surface area is 172 Å². The fourth-order valence-electron chi connectivity index (χ4n) is 5.04. The molecule has 1 saturated carbocycles. The molecule has 0 aromatic heterocycles. The Morgan fingerprint density at radius 2 is 1.38 bits per heavy atom. The largest absolute Gasteiger partial charge is 0.416 e. The molecule has 0 spiro atoms. The third-order valence-electron chi connectivity index (χ3n) is 6.16. The van der Waals surface area contributed by atoms with E-state index in [-0.39, 0.29) is 30.2 Å². The molecule has 0 radical (unpaired) electrons. The van der Waals surface area contributed by atoms with Gasteiger partial charge in [-0.15, -0.1) is 0 Å². The standard InChI is InChI=1S/C21H33F3N3OP/c1-14(2)26-19-8-6-7-9-20(19)27(15(3)4)29(26,28)25-16(5)17-10-12-18(13-11-17)21(22,23)24/h10-16,19-20H,6-9H2,1-5H3,(H,25,28)/t16-,19-,20-/m1/s1. The van der Waals surface area contributed by atoms with Gasteiger partial charge in [-0.1, -0.05) is 25.0 Å². The summed E-state index contributed by atoms with van der Waals surface area (Å²) in [6.45, 7) is 10.2. The molecule has 1 aliphatic heterocycles. The molecule has 4 nitrogen and oxygen atoms in total. The molecule has 0 unspecified atom stereocenters. The second kappa shape index (κ2) is 8.33. The maximum absolute atomic E-state index is 14.5. The summed E-state index contributed by atoms with van der Waals surface area (Å²) >= 11 is 0. The van der Waals surface area contributed by atoms with Crippen molar-refractivity contribution in [1.29, 1.82) is 0 Å². The number of benzene rings is 1. The fraction of sp³-hybridized carbons (Fsp3) is 0.714. The van der Waals surface area contributed by atoms with Crippen LogP contribution in [0.1, 0.15) is 77.5 Å².